The molecule has 0 radical (unpaired) electrons. The molecule has 0 aliphatic carbocycles. The molecule has 17 heavy (non-hydrogen) atoms. The number of nitrogens with one attached hydrogen (secondary N) is 2. The molecule has 5 nitrogen and oxygen atoms in total. The number of hydrogen-bond acceptors (Lipinski definition) is 4. The molecule has 0 fully saturated rings. The molecule has 2 N–H and O–H groups in total. The zero-order valence-electron chi connectivity index (χ0n) is 9.69. The SMILES string of the molecule is CCOC(=O)CNCc1ccc2nc[nH]c2c1. The molecule has 1 aromatic heterocycles. The van der Waals surface area contributed by atoms with E-state index in [1.54, 1.807) is 13.3 Å². The summed E-state index contributed by atoms with van der Waals surface area (Å²) in [6.07, 6.45) is 1.67. The molecule has 5 heteroatoms. The number of imidazole rings is 1. The number of aromatic amines is 1. The molecule has 1 aromatic carbocycles. The van der Waals surface area contributed by atoms with Gasteiger partial charge >= 0.3 is 5.97 Å². The van der Waals surface area contributed by atoms with Gasteiger partial charge in [0, 0.05) is 6.54 Å². The van der Waals surface area contributed by atoms with E-state index < -0.39 is 0 Å². The van der Waals surface area contributed by atoms with Crippen LogP contribution in [0, 0.1) is 0 Å². The Morgan fingerprint density at radius 3 is 3.24 bits per heavy atom. The van der Waals surface area contributed by atoms with E-state index in [1.807, 2.05) is 18.2 Å². The van der Waals surface area contributed by atoms with Crippen LogP contribution in [0.3, 0.4) is 0 Å². The lowest BCUT2D eigenvalue weighted by Crippen LogP contribution is -2.24. The highest BCUT2D eigenvalue weighted by atomic mass is 16.5. The summed E-state index contributed by atoms with van der Waals surface area (Å²) in [6, 6.07) is 5.95. The number of carbonyl (C=O) groups excluding carboxylic acids is 1. The summed E-state index contributed by atoms with van der Waals surface area (Å²) in [4.78, 5) is 18.3. The first kappa shape index (κ1) is 11.6. The van der Waals surface area contributed by atoms with Crippen LogP contribution in [-0.2, 0) is 16.1 Å². The highest BCUT2D eigenvalue weighted by Gasteiger charge is 2.01. The average Bonchev–Trinajstić information content (AvgIpc) is 2.76. The van der Waals surface area contributed by atoms with E-state index in [4.69, 9.17) is 4.74 Å². The monoisotopic (exact) mass is 233 g/mol. The highest BCUT2D eigenvalue weighted by Crippen LogP contribution is 2.11. The number of ether oxygens (including phenoxy) is 1. The second kappa shape index (κ2) is 5.45. The van der Waals surface area contributed by atoms with Gasteiger partial charge in [-0.1, -0.05) is 6.07 Å². The van der Waals surface area contributed by atoms with Gasteiger partial charge in [-0.3, -0.25) is 4.79 Å². The van der Waals surface area contributed by atoms with Crippen molar-refractivity contribution < 1.29 is 9.53 Å². The second-order valence-electron chi connectivity index (χ2n) is 3.66. The maximum atomic E-state index is 11.1. The lowest BCUT2D eigenvalue weighted by molar-refractivity contribution is -0.142. The number of rotatable bonds is 5. The fourth-order valence-electron chi connectivity index (χ4n) is 1.61. The average molecular weight is 233 g/mol. The molecule has 2 rings (SSSR count). The quantitative estimate of drug-likeness (QED) is 0.762. The molecule has 0 bridgehead atoms. The molecule has 1 heterocycles. The molecule has 90 valence electrons. The van der Waals surface area contributed by atoms with E-state index in [9.17, 15) is 4.79 Å². The number of carbonyl (C=O) groups is 1. The summed E-state index contributed by atoms with van der Waals surface area (Å²) >= 11 is 0. The second-order valence-corrected chi connectivity index (χ2v) is 3.66. The maximum Gasteiger partial charge on any atom is 0.319 e. The van der Waals surface area contributed by atoms with Crippen LogP contribution in [0.1, 0.15) is 12.5 Å². The van der Waals surface area contributed by atoms with Gasteiger partial charge in [-0.05, 0) is 24.6 Å². The van der Waals surface area contributed by atoms with Crippen molar-refractivity contribution in [1.82, 2.24) is 15.3 Å². The van der Waals surface area contributed by atoms with E-state index in [0.717, 1.165) is 16.6 Å². The topological polar surface area (TPSA) is 67.0 Å². The first-order chi connectivity index (χ1) is 8.29. The van der Waals surface area contributed by atoms with Gasteiger partial charge in [-0.2, -0.15) is 0 Å². The fraction of sp³-hybridized carbons (Fsp3) is 0.333. The normalized spacial score (nSPS) is 10.6. The van der Waals surface area contributed by atoms with E-state index in [0.29, 0.717) is 13.2 Å². The molecule has 0 unspecified atom stereocenters. The third-order valence-corrected chi connectivity index (χ3v) is 2.39. The Morgan fingerprint density at radius 1 is 1.53 bits per heavy atom. The molecule has 0 saturated carbocycles. The van der Waals surface area contributed by atoms with Crippen LogP contribution >= 0.6 is 0 Å². The van der Waals surface area contributed by atoms with Gasteiger partial charge in [0.25, 0.3) is 0 Å². The minimum atomic E-state index is -0.227. The van der Waals surface area contributed by atoms with Gasteiger partial charge < -0.3 is 15.0 Å². The molecule has 0 saturated heterocycles. The Hall–Kier alpha value is -1.88. The Labute approximate surface area is 99.2 Å². The Kier molecular flexibility index (Phi) is 3.72. The third kappa shape index (κ3) is 3.04. The Balaban J connectivity index is 1.88. The minimum absolute atomic E-state index is 0.227. The predicted molar refractivity (Wildman–Crippen MR) is 64.4 cm³/mol. The van der Waals surface area contributed by atoms with E-state index in [2.05, 4.69) is 15.3 Å². The van der Waals surface area contributed by atoms with E-state index in [-0.39, 0.29) is 12.5 Å². The molecule has 0 atom stereocenters. The number of hydrogen-bond donors (Lipinski definition) is 2. The predicted octanol–water partition coefficient (Wildman–Crippen LogP) is 1.22. The summed E-state index contributed by atoms with van der Waals surface area (Å²) in [5, 5.41) is 3.03. The van der Waals surface area contributed by atoms with Crippen LogP contribution in [0.5, 0.6) is 0 Å². The van der Waals surface area contributed by atoms with Crippen molar-refractivity contribution in [2.45, 2.75) is 13.5 Å². The van der Waals surface area contributed by atoms with E-state index >= 15 is 0 Å². The van der Waals surface area contributed by atoms with Crippen molar-refractivity contribution in [3.05, 3.63) is 30.1 Å². The zero-order valence-corrected chi connectivity index (χ0v) is 9.69. The molecule has 0 amide bonds. The highest BCUT2D eigenvalue weighted by molar-refractivity contribution is 5.75. The van der Waals surface area contributed by atoms with Gasteiger partial charge in [-0.15, -0.1) is 0 Å². The number of benzene rings is 1. The molecular formula is C12H15N3O2. The van der Waals surface area contributed by atoms with Gasteiger partial charge in [0.15, 0.2) is 0 Å². The van der Waals surface area contributed by atoms with Gasteiger partial charge in [0.2, 0.25) is 0 Å². The van der Waals surface area contributed by atoms with Crippen LogP contribution in [0.15, 0.2) is 24.5 Å². The van der Waals surface area contributed by atoms with Gasteiger partial charge in [0.05, 0.1) is 30.5 Å². The van der Waals surface area contributed by atoms with Crippen LogP contribution in [-0.4, -0.2) is 29.1 Å². The number of H-pyrrole nitrogens is 1. The van der Waals surface area contributed by atoms with Crippen molar-refractivity contribution in [3.8, 4) is 0 Å². The summed E-state index contributed by atoms with van der Waals surface area (Å²) in [7, 11) is 0. The van der Waals surface area contributed by atoms with Crippen molar-refractivity contribution in [2.75, 3.05) is 13.2 Å². The smallest absolute Gasteiger partial charge is 0.319 e. The van der Waals surface area contributed by atoms with Crippen molar-refractivity contribution in [1.29, 1.82) is 0 Å². The largest absolute Gasteiger partial charge is 0.465 e. The zero-order chi connectivity index (χ0) is 12.1. The molecule has 2 aromatic rings. The number of aromatic nitrogens is 2. The number of nitrogens with zero attached hydrogens (tertiary/aromatic N) is 1. The van der Waals surface area contributed by atoms with Crippen molar-refractivity contribution in [2.24, 2.45) is 0 Å². The lowest BCUT2D eigenvalue weighted by Gasteiger charge is -2.04. The molecular weight excluding hydrogens is 218 g/mol. The Morgan fingerprint density at radius 2 is 2.41 bits per heavy atom. The van der Waals surface area contributed by atoms with Gasteiger partial charge in [-0.25, -0.2) is 4.98 Å². The fourth-order valence-corrected chi connectivity index (χ4v) is 1.61. The lowest BCUT2D eigenvalue weighted by atomic mass is 10.2. The first-order valence-corrected chi connectivity index (χ1v) is 5.58. The van der Waals surface area contributed by atoms with Crippen LogP contribution in [0.4, 0.5) is 0 Å². The molecule has 0 aliphatic heterocycles. The van der Waals surface area contributed by atoms with Gasteiger partial charge in [0.1, 0.15) is 0 Å². The minimum Gasteiger partial charge on any atom is -0.465 e. The van der Waals surface area contributed by atoms with Crippen molar-refractivity contribution in [3.63, 3.8) is 0 Å². The maximum absolute atomic E-state index is 11.1. The summed E-state index contributed by atoms with van der Waals surface area (Å²) in [6.45, 7) is 3.08. The standard InChI is InChI=1S/C12H15N3O2/c1-2-17-12(16)7-13-6-9-3-4-10-11(5-9)15-8-14-10/h3-5,8,13H,2,6-7H2,1H3,(H,14,15). The van der Waals surface area contributed by atoms with E-state index in [1.165, 1.54) is 0 Å². The molecule has 0 aliphatic rings. The number of esters is 1. The third-order valence-electron chi connectivity index (χ3n) is 2.39. The first-order valence-electron chi connectivity index (χ1n) is 5.58. The van der Waals surface area contributed by atoms with Crippen LogP contribution in [0.25, 0.3) is 11.0 Å². The number of fused-ring (bicyclic) bond motifs is 1. The Bertz CT molecular complexity index is 507. The molecule has 0 spiro atoms. The van der Waals surface area contributed by atoms with Crippen LogP contribution in [0.2, 0.25) is 0 Å². The summed E-state index contributed by atoms with van der Waals surface area (Å²) in [5.74, 6) is -0.227. The summed E-state index contributed by atoms with van der Waals surface area (Å²) in [5.41, 5.74) is 3.05. The van der Waals surface area contributed by atoms with Crippen LogP contribution < -0.4 is 5.32 Å². The van der Waals surface area contributed by atoms with Crippen molar-refractivity contribution >= 4 is 17.0 Å². The summed E-state index contributed by atoms with van der Waals surface area (Å²) < 4.78 is 4.82.